The smallest absolute Gasteiger partial charge is 0.304 e. The Hall–Kier alpha value is -1.46. The van der Waals surface area contributed by atoms with Crippen molar-refractivity contribution < 1.29 is 19.4 Å². The summed E-state index contributed by atoms with van der Waals surface area (Å²) in [5.74, 6) is 0.278. The van der Waals surface area contributed by atoms with Gasteiger partial charge in [0.15, 0.2) is 11.5 Å². The second-order valence-corrected chi connectivity index (χ2v) is 4.27. The minimum atomic E-state index is -0.824. The van der Waals surface area contributed by atoms with Crippen LogP contribution in [0.1, 0.15) is 18.9 Å². The molecule has 0 fully saturated rings. The average molecular weight is 288 g/mol. The van der Waals surface area contributed by atoms with Crippen LogP contribution in [0, 0.1) is 0 Å². The maximum atomic E-state index is 10.4. The molecule has 2 N–H and O–H groups in total. The van der Waals surface area contributed by atoms with Crippen molar-refractivity contribution in [2.24, 2.45) is 0 Å². The summed E-state index contributed by atoms with van der Waals surface area (Å²) in [6.07, 6.45) is 0.0852. The van der Waals surface area contributed by atoms with Crippen molar-refractivity contribution in [3.05, 3.63) is 22.7 Å². The van der Waals surface area contributed by atoms with Gasteiger partial charge in [-0.3, -0.25) is 4.79 Å². The van der Waals surface area contributed by atoms with E-state index in [-0.39, 0.29) is 6.42 Å². The van der Waals surface area contributed by atoms with Gasteiger partial charge in [-0.05, 0) is 24.6 Å². The number of ether oxygens (including phenoxy) is 2. The van der Waals surface area contributed by atoms with Crippen molar-refractivity contribution in [3.63, 3.8) is 0 Å². The standard InChI is InChI=1S/C13H18ClNO4/c1-3-19-13-10(14)6-9(7-11(13)18-2)8-15-5-4-12(16)17/h6-7,15H,3-5,8H2,1-2H3,(H,16,17). The molecule has 0 heterocycles. The highest BCUT2D eigenvalue weighted by Crippen LogP contribution is 2.36. The van der Waals surface area contributed by atoms with Crippen molar-refractivity contribution in [1.29, 1.82) is 0 Å². The van der Waals surface area contributed by atoms with Crippen LogP contribution in [0.3, 0.4) is 0 Å². The Bertz CT molecular complexity index is 437. The lowest BCUT2D eigenvalue weighted by molar-refractivity contribution is -0.136. The number of nitrogens with one attached hydrogen (secondary N) is 1. The Labute approximate surface area is 117 Å². The first kappa shape index (κ1) is 15.6. The van der Waals surface area contributed by atoms with Crippen molar-refractivity contribution in [2.75, 3.05) is 20.3 Å². The number of halogens is 1. The third-order valence-corrected chi connectivity index (χ3v) is 2.70. The van der Waals surface area contributed by atoms with Crippen molar-refractivity contribution in [3.8, 4) is 11.5 Å². The normalized spacial score (nSPS) is 10.3. The summed E-state index contributed by atoms with van der Waals surface area (Å²) in [7, 11) is 1.55. The Morgan fingerprint density at radius 2 is 2.21 bits per heavy atom. The molecule has 0 saturated carbocycles. The molecule has 0 saturated heterocycles. The fraction of sp³-hybridized carbons (Fsp3) is 0.462. The van der Waals surface area contributed by atoms with Crippen LogP contribution < -0.4 is 14.8 Å². The van der Waals surface area contributed by atoms with Crippen LogP contribution in [-0.2, 0) is 11.3 Å². The zero-order valence-electron chi connectivity index (χ0n) is 11.0. The van der Waals surface area contributed by atoms with E-state index in [0.717, 1.165) is 5.56 Å². The van der Waals surface area contributed by atoms with Gasteiger partial charge in [-0.1, -0.05) is 11.6 Å². The average Bonchev–Trinajstić information content (AvgIpc) is 2.37. The van der Waals surface area contributed by atoms with E-state index < -0.39 is 5.97 Å². The summed E-state index contributed by atoms with van der Waals surface area (Å²) in [4.78, 5) is 10.4. The quantitative estimate of drug-likeness (QED) is 0.718. The molecule has 5 nitrogen and oxygen atoms in total. The fourth-order valence-corrected chi connectivity index (χ4v) is 1.88. The van der Waals surface area contributed by atoms with Gasteiger partial charge in [-0.25, -0.2) is 0 Å². The molecule has 106 valence electrons. The lowest BCUT2D eigenvalue weighted by atomic mass is 10.2. The predicted molar refractivity (Wildman–Crippen MR) is 73.1 cm³/mol. The summed E-state index contributed by atoms with van der Waals surface area (Å²) in [5.41, 5.74) is 0.913. The number of hydrogen-bond acceptors (Lipinski definition) is 4. The Morgan fingerprint density at radius 1 is 1.47 bits per heavy atom. The lowest BCUT2D eigenvalue weighted by Gasteiger charge is -2.13. The molecule has 1 rings (SSSR count). The second kappa shape index (κ2) is 7.86. The molecule has 0 aliphatic carbocycles. The van der Waals surface area contributed by atoms with Gasteiger partial charge in [0.1, 0.15) is 0 Å². The monoisotopic (exact) mass is 287 g/mol. The van der Waals surface area contributed by atoms with E-state index in [1.807, 2.05) is 13.0 Å². The number of carbonyl (C=O) groups is 1. The van der Waals surface area contributed by atoms with E-state index >= 15 is 0 Å². The van der Waals surface area contributed by atoms with Gasteiger partial charge in [-0.15, -0.1) is 0 Å². The van der Waals surface area contributed by atoms with E-state index in [4.69, 9.17) is 26.2 Å². The maximum absolute atomic E-state index is 10.4. The summed E-state index contributed by atoms with van der Waals surface area (Å²) in [6, 6.07) is 3.60. The molecule has 0 bridgehead atoms. The summed E-state index contributed by atoms with van der Waals surface area (Å²) in [5, 5.41) is 12.0. The lowest BCUT2D eigenvalue weighted by Crippen LogP contribution is -2.17. The van der Waals surface area contributed by atoms with Gasteiger partial charge in [0.05, 0.1) is 25.2 Å². The van der Waals surface area contributed by atoms with Gasteiger partial charge < -0.3 is 19.9 Å². The molecular formula is C13H18ClNO4. The minimum absolute atomic E-state index is 0.0852. The summed E-state index contributed by atoms with van der Waals surface area (Å²) >= 11 is 6.13. The van der Waals surface area contributed by atoms with Crippen LogP contribution in [0.5, 0.6) is 11.5 Å². The van der Waals surface area contributed by atoms with Crippen molar-refractivity contribution >= 4 is 17.6 Å². The number of rotatable bonds is 8. The van der Waals surface area contributed by atoms with Gasteiger partial charge in [0.25, 0.3) is 0 Å². The van der Waals surface area contributed by atoms with E-state index in [2.05, 4.69) is 5.32 Å². The van der Waals surface area contributed by atoms with Crippen LogP contribution in [-0.4, -0.2) is 31.3 Å². The first-order valence-electron chi connectivity index (χ1n) is 6.00. The Balaban J connectivity index is 2.69. The largest absolute Gasteiger partial charge is 0.493 e. The molecule has 0 aliphatic heterocycles. The first-order chi connectivity index (χ1) is 9.08. The fourth-order valence-electron chi connectivity index (χ4n) is 1.59. The highest BCUT2D eigenvalue weighted by atomic mass is 35.5. The van der Waals surface area contributed by atoms with Crippen LogP contribution in [0.4, 0.5) is 0 Å². The minimum Gasteiger partial charge on any atom is -0.493 e. The van der Waals surface area contributed by atoms with Crippen LogP contribution in [0.15, 0.2) is 12.1 Å². The van der Waals surface area contributed by atoms with Gasteiger partial charge in [-0.2, -0.15) is 0 Å². The number of carboxylic acids is 1. The van der Waals surface area contributed by atoms with Crippen LogP contribution >= 0.6 is 11.6 Å². The molecule has 1 aromatic carbocycles. The van der Waals surface area contributed by atoms with Gasteiger partial charge in [0, 0.05) is 13.1 Å². The Kier molecular flexibility index (Phi) is 6.45. The molecule has 0 aliphatic rings. The van der Waals surface area contributed by atoms with Crippen molar-refractivity contribution in [1.82, 2.24) is 5.32 Å². The highest BCUT2D eigenvalue weighted by Gasteiger charge is 2.11. The molecular weight excluding hydrogens is 270 g/mol. The van der Waals surface area contributed by atoms with E-state index in [9.17, 15) is 4.79 Å². The van der Waals surface area contributed by atoms with Crippen molar-refractivity contribution in [2.45, 2.75) is 19.9 Å². The first-order valence-corrected chi connectivity index (χ1v) is 6.38. The molecule has 0 aromatic heterocycles. The zero-order chi connectivity index (χ0) is 14.3. The van der Waals surface area contributed by atoms with E-state index in [0.29, 0.717) is 36.2 Å². The molecule has 19 heavy (non-hydrogen) atoms. The number of benzene rings is 1. The SMILES string of the molecule is CCOc1c(Cl)cc(CNCCC(=O)O)cc1OC. The third kappa shape index (κ3) is 4.96. The van der Waals surface area contributed by atoms with Crippen LogP contribution in [0.2, 0.25) is 5.02 Å². The third-order valence-electron chi connectivity index (χ3n) is 2.42. The molecule has 0 radical (unpaired) electrons. The highest BCUT2D eigenvalue weighted by molar-refractivity contribution is 6.32. The number of methoxy groups -OCH3 is 1. The molecule has 6 heteroatoms. The van der Waals surface area contributed by atoms with Gasteiger partial charge >= 0.3 is 5.97 Å². The van der Waals surface area contributed by atoms with E-state index in [1.54, 1.807) is 13.2 Å². The number of aliphatic carboxylic acids is 1. The van der Waals surface area contributed by atoms with Crippen LogP contribution in [0.25, 0.3) is 0 Å². The number of carboxylic acid groups (broad SMARTS) is 1. The maximum Gasteiger partial charge on any atom is 0.304 e. The molecule has 0 unspecified atom stereocenters. The molecule has 0 atom stereocenters. The Morgan fingerprint density at radius 3 is 2.79 bits per heavy atom. The number of hydrogen-bond donors (Lipinski definition) is 2. The zero-order valence-corrected chi connectivity index (χ0v) is 11.8. The molecule has 1 aromatic rings. The second-order valence-electron chi connectivity index (χ2n) is 3.86. The summed E-state index contributed by atoms with van der Waals surface area (Å²) < 4.78 is 10.6. The van der Waals surface area contributed by atoms with E-state index in [1.165, 1.54) is 0 Å². The topological polar surface area (TPSA) is 67.8 Å². The molecule has 0 spiro atoms. The summed E-state index contributed by atoms with van der Waals surface area (Å²) in [6.45, 7) is 3.31. The van der Waals surface area contributed by atoms with Gasteiger partial charge in [0.2, 0.25) is 0 Å². The predicted octanol–water partition coefficient (Wildman–Crippen LogP) is 2.31. The molecule has 0 amide bonds.